The second-order valence-electron chi connectivity index (χ2n) is 3.80. The maximum atomic E-state index is 11.8. The molecule has 0 bridgehead atoms. The number of para-hydroxylation sites is 2. The van der Waals surface area contributed by atoms with Gasteiger partial charge >= 0.3 is 0 Å². The topological polar surface area (TPSA) is 55.1 Å². The van der Waals surface area contributed by atoms with Gasteiger partial charge in [0.25, 0.3) is 0 Å². The summed E-state index contributed by atoms with van der Waals surface area (Å²) in [4.78, 5) is 11.8. The smallest absolute Gasteiger partial charge is 0.187 e. The van der Waals surface area contributed by atoms with Crippen molar-refractivity contribution in [2.24, 2.45) is 0 Å². The van der Waals surface area contributed by atoms with Crippen molar-refractivity contribution in [2.75, 3.05) is 11.1 Å². The standard InChI is InChI=1S/C15H14N2O/c16-13-8-4-5-9-14(13)17-11-10-15(18)12-6-2-1-3-7-12/h1-11,17H,16H2/b11-10+. The van der Waals surface area contributed by atoms with Gasteiger partial charge in [-0.3, -0.25) is 4.79 Å². The van der Waals surface area contributed by atoms with E-state index in [0.717, 1.165) is 5.69 Å². The Bertz CT molecular complexity index is 562. The van der Waals surface area contributed by atoms with Crippen LogP contribution in [0.15, 0.2) is 66.9 Å². The highest BCUT2D eigenvalue weighted by Gasteiger charge is 1.99. The van der Waals surface area contributed by atoms with Crippen LogP contribution in [-0.4, -0.2) is 5.78 Å². The van der Waals surface area contributed by atoms with Crippen molar-refractivity contribution in [3.63, 3.8) is 0 Å². The van der Waals surface area contributed by atoms with Gasteiger partial charge in [0, 0.05) is 17.8 Å². The third-order valence-electron chi connectivity index (χ3n) is 2.49. The van der Waals surface area contributed by atoms with Gasteiger partial charge in [0.1, 0.15) is 0 Å². The van der Waals surface area contributed by atoms with Crippen LogP contribution < -0.4 is 11.1 Å². The maximum absolute atomic E-state index is 11.8. The van der Waals surface area contributed by atoms with Crippen molar-refractivity contribution in [1.29, 1.82) is 0 Å². The summed E-state index contributed by atoms with van der Waals surface area (Å²) < 4.78 is 0. The largest absolute Gasteiger partial charge is 0.397 e. The van der Waals surface area contributed by atoms with Crippen molar-refractivity contribution < 1.29 is 4.79 Å². The monoisotopic (exact) mass is 238 g/mol. The molecule has 90 valence electrons. The summed E-state index contributed by atoms with van der Waals surface area (Å²) in [5.41, 5.74) is 7.86. The number of anilines is 2. The Kier molecular flexibility index (Phi) is 3.76. The van der Waals surface area contributed by atoms with Crippen LogP contribution in [0, 0.1) is 0 Å². The quantitative estimate of drug-likeness (QED) is 0.489. The summed E-state index contributed by atoms with van der Waals surface area (Å²) in [6.07, 6.45) is 3.09. The van der Waals surface area contributed by atoms with Gasteiger partial charge in [-0.25, -0.2) is 0 Å². The Morgan fingerprint density at radius 3 is 2.39 bits per heavy atom. The Morgan fingerprint density at radius 2 is 1.67 bits per heavy atom. The lowest BCUT2D eigenvalue weighted by molar-refractivity contribution is 0.104. The maximum Gasteiger partial charge on any atom is 0.187 e. The molecule has 18 heavy (non-hydrogen) atoms. The number of carbonyl (C=O) groups excluding carboxylic acids is 1. The molecular weight excluding hydrogens is 224 g/mol. The van der Waals surface area contributed by atoms with Gasteiger partial charge in [-0.1, -0.05) is 42.5 Å². The second-order valence-corrected chi connectivity index (χ2v) is 3.80. The molecule has 3 heteroatoms. The number of hydrogen-bond acceptors (Lipinski definition) is 3. The van der Waals surface area contributed by atoms with Crippen molar-refractivity contribution in [3.05, 3.63) is 72.4 Å². The average Bonchev–Trinajstić information content (AvgIpc) is 2.42. The zero-order chi connectivity index (χ0) is 12.8. The predicted molar refractivity (Wildman–Crippen MR) is 74.4 cm³/mol. The van der Waals surface area contributed by atoms with Crippen molar-refractivity contribution >= 4 is 17.2 Å². The Hall–Kier alpha value is -2.55. The lowest BCUT2D eigenvalue weighted by Crippen LogP contribution is -1.97. The fourth-order valence-electron chi connectivity index (χ4n) is 1.53. The first-order valence-electron chi connectivity index (χ1n) is 5.64. The van der Waals surface area contributed by atoms with Gasteiger partial charge in [0.05, 0.1) is 11.4 Å². The molecule has 0 fully saturated rings. The molecule has 0 unspecified atom stereocenters. The third kappa shape index (κ3) is 2.98. The highest BCUT2D eigenvalue weighted by atomic mass is 16.1. The molecule has 0 radical (unpaired) electrons. The summed E-state index contributed by atoms with van der Waals surface area (Å²) in [6, 6.07) is 16.5. The average molecular weight is 238 g/mol. The van der Waals surface area contributed by atoms with Crippen LogP contribution in [0.5, 0.6) is 0 Å². The highest BCUT2D eigenvalue weighted by molar-refractivity contribution is 6.04. The Morgan fingerprint density at radius 1 is 1.00 bits per heavy atom. The molecule has 0 aliphatic rings. The van der Waals surface area contributed by atoms with Crippen LogP contribution in [0.25, 0.3) is 0 Å². The SMILES string of the molecule is Nc1ccccc1N/C=C/C(=O)c1ccccc1. The first-order chi connectivity index (χ1) is 8.77. The second kappa shape index (κ2) is 5.68. The van der Waals surface area contributed by atoms with E-state index in [9.17, 15) is 4.79 Å². The summed E-state index contributed by atoms with van der Waals surface area (Å²) in [6.45, 7) is 0. The Balaban J connectivity index is 2.01. The predicted octanol–water partition coefficient (Wildman–Crippen LogP) is 3.08. The van der Waals surface area contributed by atoms with Gasteiger partial charge in [-0.05, 0) is 12.1 Å². The van der Waals surface area contributed by atoms with Crippen molar-refractivity contribution in [2.45, 2.75) is 0 Å². The zero-order valence-corrected chi connectivity index (χ0v) is 9.84. The van der Waals surface area contributed by atoms with E-state index in [-0.39, 0.29) is 5.78 Å². The lowest BCUT2D eigenvalue weighted by atomic mass is 10.1. The third-order valence-corrected chi connectivity index (χ3v) is 2.49. The number of benzene rings is 2. The number of nitrogen functional groups attached to an aromatic ring is 1. The summed E-state index contributed by atoms with van der Waals surface area (Å²) >= 11 is 0. The molecule has 0 heterocycles. The van der Waals surface area contributed by atoms with E-state index in [4.69, 9.17) is 5.73 Å². The van der Waals surface area contributed by atoms with Gasteiger partial charge in [0.2, 0.25) is 0 Å². The summed E-state index contributed by atoms with van der Waals surface area (Å²) in [5.74, 6) is -0.0439. The summed E-state index contributed by atoms with van der Waals surface area (Å²) in [7, 11) is 0. The van der Waals surface area contributed by atoms with E-state index in [2.05, 4.69) is 5.32 Å². The van der Waals surface area contributed by atoms with Gasteiger partial charge in [0.15, 0.2) is 5.78 Å². The molecule has 0 saturated heterocycles. The number of carbonyl (C=O) groups is 1. The molecule has 0 saturated carbocycles. The lowest BCUT2D eigenvalue weighted by Gasteiger charge is -2.03. The molecule has 0 spiro atoms. The molecule has 3 N–H and O–H groups in total. The van der Waals surface area contributed by atoms with E-state index in [1.165, 1.54) is 6.08 Å². The highest BCUT2D eigenvalue weighted by Crippen LogP contribution is 2.16. The molecule has 0 aliphatic carbocycles. The molecule has 0 amide bonds. The van der Waals surface area contributed by atoms with Gasteiger partial charge in [-0.2, -0.15) is 0 Å². The molecule has 0 aliphatic heterocycles. The van der Waals surface area contributed by atoms with Crippen LogP contribution in [0.3, 0.4) is 0 Å². The molecule has 2 aromatic carbocycles. The van der Waals surface area contributed by atoms with Crippen molar-refractivity contribution in [3.8, 4) is 0 Å². The minimum Gasteiger partial charge on any atom is -0.397 e. The molecule has 3 nitrogen and oxygen atoms in total. The van der Waals surface area contributed by atoms with E-state index in [0.29, 0.717) is 11.3 Å². The van der Waals surface area contributed by atoms with Crippen LogP contribution in [0.2, 0.25) is 0 Å². The number of hydrogen-bond donors (Lipinski definition) is 2. The fourth-order valence-corrected chi connectivity index (χ4v) is 1.53. The molecule has 2 rings (SSSR count). The molecular formula is C15H14N2O. The Labute approximate surface area is 106 Å². The van der Waals surface area contributed by atoms with Gasteiger partial charge in [-0.15, -0.1) is 0 Å². The van der Waals surface area contributed by atoms with E-state index in [1.807, 2.05) is 36.4 Å². The van der Waals surface area contributed by atoms with Crippen molar-refractivity contribution in [1.82, 2.24) is 0 Å². The van der Waals surface area contributed by atoms with Crippen LogP contribution in [0.4, 0.5) is 11.4 Å². The van der Waals surface area contributed by atoms with Crippen LogP contribution >= 0.6 is 0 Å². The molecule has 0 atom stereocenters. The van der Waals surface area contributed by atoms with E-state index in [1.54, 1.807) is 24.4 Å². The fraction of sp³-hybridized carbons (Fsp3) is 0. The van der Waals surface area contributed by atoms with E-state index >= 15 is 0 Å². The molecule has 2 aromatic rings. The number of ketones is 1. The number of nitrogens with two attached hydrogens (primary N) is 1. The first kappa shape index (κ1) is 11.9. The van der Waals surface area contributed by atoms with Crippen LogP contribution in [-0.2, 0) is 0 Å². The first-order valence-corrected chi connectivity index (χ1v) is 5.64. The van der Waals surface area contributed by atoms with E-state index < -0.39 is 0 Å². The summed E-state index contributed by atoms with van der Waals surface area (Å²) in [5, 5.41) is 2.99. The normalized spacial score (nSPS) is 10.4. The van der Waals surface area contributed by atoms with Gasteiger partial charge < -0.3 is 11.1 Å². The minimum atomic E-state index is -0.0439. The van der Waals surface area contributed by atoms with Crippen LogP contribution in [0.1, 0.15) is 10.4 Å². The molecule has 0 aromatic heterocycles. The number of allylic oxidation sites excluding steroid dienone is 1. The number of nitrogens with one attached hydrogen (secondary N) is 1. The zero-order valence-electron chi connectivity index (χ0n) is 9.84. The number of rotatable bonds is 4. The minimum absolute atomic E-state index is 0.0439.